The lowest BCUT2D eigenvalue weighted by molar-refractivity contribution is 0.200. The van der Waals surface area contributed by atoms with Gasteiger partial charge in [0, 0.05) is 29.1 Å². The maximum atomic E-state index is 5.98. The predicted molar refractivity (Wildman–Crippen MR) is 114 cm³/mol. The molecule has 4 aromatic rings. The van der Waals surface area contributed by atoms with E-state index in [0.29, 0.717) is 11.8 Å². The van der Waals surface area contributed by atoms with Crippen molar-refractivity contribution in [1.29, 1.82) is 0 Å². The van der Waals surface area contributed by atoms with E-state index in [1.165, 1.54) is 36.8 Å². The van der Waals surface area contributed by atoms with Gasteiger partial charge in [0.15, 0.2) is 0 Å². The maximum Gasteiger partial charge on any atom is 0.119 e. The summed E-state index contributed by atoms with van der Waals surface area (Å²) >= 11 is 0. The number of fused-ring (bicyclic) bond motifs is 1. The molecule has 0 bridgehead atoms. The molecule has 0 spiro atoms. The Balaban J connectivity index is 1.25. The fraction of sp³-hybridized carbons (Fsp3) is 0.333. The first-order valence-corrected chi connectivity index (χ1v) is 10.4. The van der Waals surface area contributed by atoms with Gasteiger partial charge in [-0.05, 0) is 62.6 Å². The summed E-state index contributed by atoms with van der Waals surface area (Å²) in [5.41, 5.74) is 5.87. The number of pyridine rings is 1. The van der Waals surface area contributed by atoms with Gasteiger partial charge < -0.3 is 4.74 Å². The van der Waals surface area contributed by atoms with Crippen LogP contribution in [0.1, 0.15) is 42.9 Å². The van der Waals surface area contributed by atoms with Crippen LogP contribution in [0, 0.1) is 12.8 Å². The molecular weight excluding hydrogens is 360 g/mol. The normalized spacial score (nSPS) is 19.5. The summed E-state index contributed by atoms with van der Waals surface area (Å²) in [6, 6.07) is 14.5. The van der Waals surface area contributed by atoms with E-state index in [-0.39, 0.29) is 0 Å². The number of ether oxygens (including phenoxy) is 1. The molecule has 0 unspecified atom stereocenters. The molecule has 5 rings (SSSR count). The zero-order valence-corrected chi connectivity index (χ0v) is 16.7. The van der Waals surface area contributed by atoms with E-state index in [1.807, 2.05) is 48.0 Å². The molecule has 0 amide bonds. The molecule has 1 aliphatic rings. The summed E-state index contributed by atoms with van der Waals surface area (Å²) in [6.07, 6.45) is 10.9. The Morgan fingerprint density at radius 2 is 1.90 bits per heavy atom. The molecule has 5 heteroatoms. The summed E-state index contributed by atoms with van der Waals surface area (Å²) in [5.74, 6) is 2.20. The second-order valence-corrected chi connectivity index (χ2v) is 8.07. The van der Waals surface area contributed by atoms with Crippen LogP contribution in [-0.4, -0.2) is 26.4 Å². The van der Waals surface area contributed by atoms with E-state index in [9.17, 15) is 0 Å². The number of nitrogens with zero attached hydrogens (tertiary/aromatic N) is 3. The Hall–Kier alpha value is -3.08. The van der Waals surface area contributed by atoms with Gasteiger partial charge >= 0.3 is 0 Å². The predicted octanol–water partition coefficient (Wildman–Crippen LogP) is 5.39. The fourth-order valence-corrected chi connectivity index (χ4v) is 4.50. The highest BCUT2D eigenvalue weighted by molar-refractivity contribution is 5.68. The number of hydrogen-bond acceptors (Lipinski definition) is 3. The van der Waals surface area contributed by atoms with Crippen molar-refractivity contribution in [2.75, 3.05) is 6.61 Å². The molecule has 148 valence electrons. The van der Waals surface area contributed by atoms with Crippen LogP contribution in [0.4, 0.5) is 0 Å². The molecule has 1 saturated carbocycles. The third-order valence-corrected chi connectivity index (χ3v) is 6.20. The van der Waals surface area contributed by atoms with Crippen molar-refractivity contribution in [3.05, 3.63) is 72.3 Å². The molecule has 1 aliphatic carbocycles. The van der Waals surface area contributed by atoms with Crippen LogP contribution in [-0.2, 0) is 0 Å². The average molecular weight is 386 g/mol. The SMILES string of the molecule is Cc1n[nH]cc1-c1ccc2c(C3CCC(COc4ccccc4)CC3)cnn2c1. The number of hydrogen-bond donors (Lipinski definition) is 1. The van der Waals surface area contributed by atoms with Gasteiger partial charge in [0.1, 0.15) is 5.75 Å². The maximum absolute atomic E-state index is 5.98. The Morgan fingerprint density at radius 3 is 2.66 bits per heavy atom. The summed E-state index contributed by atoms with van der Waals surface area (Å²) in [5, 5.41) is 11.8. The highest BCUT2D eigenvalue weighted by Gasteiger charge is 2.25. The van der Waals surface area contributed by atoms with Crippen molar-refractivity contribution in [1.82, 2.24) is 19.8 Å². The van der Waals surface area contributed by atoms with Gasteiger partial charge in [-0.15, -0.1) is 0 Å². The minimum absolute atomic E-state index is 0.585. The Morgan fingerprint density at radius 1 is 1.07 bits per heavy atom. The van der Waals surface area contributed by atoms with Crippen molar-refractivity contribution in [3.63, 3.8) is 0 Å². The lowest BCUT2D eigenvalue weighted by Crippen LogP contribution is -2.19. The number of aromatic nitrogens is 4. The first-order valence-electron chi connectivity index (χ1n) is 10.4. The van der Waals surface area contributed by atoms with Crippen molar-refractivity contribution >= 4 is 5.52 Å². The highest BCUT2D eigenvalue weighted by atomic mass is 16.5. The van der Waals surface area contributed by atoms with Crippen LogP contribution < -0.4 is 4.74 Å². The lowest BCUT2D eigenvalue weighted by atomic mass is 9.79. The Labute approximate surface area is 170 Å². The van der Waals surface area contributed by atoms with Crippen molar-refractivity contribution < 1.29 is 4.74 Å². The lowest BCUT2D eigenvalue weighted by Gasteiger charge is -2.28. The molecule has 29 heavy (non-hydrogen) atoms. The van der Waals surface area contributed by atoms with Gasteiger partial charge in [-0.2, -0.15) is 10.2 Å². The molecule has 0 aliphatic heterocycles. The van der Waals surface area contributed by atoms with Crippen LogP contribution in [0.25, 0.3) is 16.6 Å². The first-order chi connectivity index (χ1) is 14.3. The number of benzene rings is 1. The van der Waals surface area contributed by atoms with Crippen LogP contribution in [0.2, 0.25) is 0 Å². The molecule has 0 radical (unpaired) electrons. The summed E-state index contributed by atoms with van der Waals surface area (Å²) < 4.78 is 7.99. The molecule has 0 atom stereocenters. The van der Waals surface area contributed by atoms with Gasteiger partial charge in [-0.3, -0.25) is 5.10 Å². The average Bonchev–Trinajstić information content (AvgIpc) is 3.39. The molecule has 1 fully saturated rings. The van der Waals surface area contributed by atoms with Crippen LogP contribution >= 0.6 is 0 Å². The zero-order valence-electron chi connectivity index (χ0n) is 16.7. The van der Waals surface area contributed by atoms with E-state index >= 15 is 0 Å². The van der Waals surface area contributed by atoms with Crippen molar-refractivity contribution in [3.8, 4) is 16.9 Å². The van der Waals surface area contributed by atoms with E-state index in [4.69, 9.17) is 4.74 Å². The number of H-pyrrole nitrogens is 1. The third-order valence-electron chi connectivity index (χ3n) is 6.20. The largest absolute Gasteiger partial charge is 0.493 e. The molecule has 1 aromatic carbocycles. The number of para-hydroxylation sites is 1. The van der Waals surface area contributed by atoms with Crippen molar-refractivity contribution in [2.45, 2.75) is 38.5 Å². The second kappa shape index (κ2) is 7.74. The van der Waals surface area contributed by atoms with E-state index < -0.39 is 0 Å². The minimum atomic E-state index is 0.585. The molecule has 0 saturated heterocycles. The quantitative estimate of drug-likeness (QED) is 0.501. The minimum Gasteiger partial charge on any atom is -0.493 e. The molecule has 3 aromatic heterocycles. The number of aryl methyl sites for hydroxylation is 1. The molecular formula is C24H26N4O. The van der Waals surface area contributed by atoms with E-state index in [1.54, 1.807) is 0 Å². The van der Waals surface area contributed by atoms with Crippen LogP contribution in [0.3, 0.4) is 0 Å². The molecule has 5 nitrogen and oxygen atoms in total. The van der Waals surface area contributed by atoms with Gasteiger partial charge in [0.2, 0.25) is 0 Å². The standard InChI is InChI=1S/C24H26N4O/c1-17-22(13-25-27-17)20-11-12-24-23(14-26-28(24)15-20)19-9-7-18(8-10-19)16-29-21-5-3-2-4-6-21/h2-6,11-15,18-19H,7-10,16H2,1H3,(H,25,27). The van der Waals surface area contributed by atoms with Gasteiger partial charge in [-0.1, -0.05) is 24.3 Å². The second-order valence-electron chi connectivity index (χ2n) is 8.07. The summed E-state index contributed by atoms with van der Waals surface area (Å²) in [4.78, 5) is 0. The topological polar surface area (TPSA) is 55.2 Å². The summed E-state index contributed by atoms with van der Waals surface area (Å²) in [6.45, 7) is 2.84. The first kappa shape index (κ1) is 18.0. The van der Waals surface area contributed by atoms with Gasteiger partial charge in [-0.25, -0.2) is 4.52 Å². The van der Waals surface area contributed by atoms with E-state index in [0.717, 1.165) is 29.2 Å². The Kier molecular flexibility index (Phi) is 4.80. The highest BCUT2D eigenvalue weighted by Crippen LogP contribution is 2.38. The molecule has 1 N–H and O–H groups in total. The smallest absolute Gasteiger partial charge is 0.119 e. The van der Waals surface area contributed by atoms with Crippen LogP contribution in [0.15, 0.2) is 61.1 Å². The van der Waals surface area contributed by atoms with Crippen molar-refractivity contribution in [2.24, 2.45) is 5.92 Å². The van der Waals surface area contributed by atoms with Crippen LogP contribution in [0.5, 0.6) is 5.75 Å². The Bertz CT molecular complexity index is 1090. The number of nitrogens with one attached hydrogen (secondary N) is 1. The number of rotatable bonds is 5. The monoisotopic (exact) mass is 386 g/mol. The van der Waals surface area contributed by atoms with Gasteiger partial charge in [0.05, 0.1) is 24.0 Å². The zero-order chi connectivity index (χ0) is 19.6. The third kappa shape index (κ3) is 3.65. The number of aromatic amines is 1. The fourth-order valence-electron chi connectivity index (χ4n) is 4.50. The van der Waals surface area contributed by atoms with Gasteiger partial charge in [0.25, 0.3) is 0 Å². The molecule has 3 heterocycles. The van der Waals surface area contributed by atoms with E-state index in [2.05, 4.69) is 39.8 Å². The summed E-state index contributed by atoms with van der Waals surface area (Å²) in [7, 11) is 0.